The smallest absolute Gasteiger partial charge is 0.232 e. The van der Waals surface area contributed by atoms with Crippen LogP contribution in [0, 0.1) is 0 Å². The second-order valence-electron chi connectivity index (χ2n) is 3.82. The molecule has 0 radical (unpaired) electrons. The average molecular weight is 270 g/mol. The summed E-state index contributed by atoms with van der Waals surface area (Å²) in [5.41, 5.74) is 6.43. The van der Waals surface area contributed by atoms with E-state index in [2.05, 4.69) is 29.0 Å². The molecule has 2 aromatic rings. The van der Waals surface area contributed by atoms with Crippen molar-refractivity contribution in [3.8, 4) is 0 Å². The molecule has 17 heavy (non-hydrogen) atoms. The topological polar surface area (TPSA) is 77.8 Å². The van der Waals surface area contributed by atoms with E-state index >= 15 is 0 Å². The number of thiazole rings is 1. The van der Waals surface area contributed by atoms with E-state index in [1.807, 2.05) is 5.38 Å². The lowest BCUT2D eigenvalue weighted by Gasteiger charge is -1.98. The van der Waals surface area contributed by atoms with Crippen LogP contribution in [0.3, 0.4) is 0 Å². The Morgan fingerprint density at radius 2 is 2.29 bits per heavy atom. The highest BCUT2D eigenvalue weighted by molar-refractivity contribution is 7.99. The molecule has 0 bridgehead atoms. The number of hydrogen-bond donors (Lipinski definition) is 1. The lowest BCUT2D eigenvalue weighted by Crippen LogP contribution is -1.93. The quantitative estimate of drug-likeness (QED) is 0.898. The van der Waals surface area contributed by atoms with Crippen molar-refractivity contribution >= 4 is 28.2 Å². The molecule has 0 aliphatic rings. The summed E-state index contributed by atoms with van der Waals surface area (Å²) in [6.07, 6.45) is 0.549. The van der Waals surface area contributed by atoms with Crippen LogP contribution in [0.5, 0.6) is 0 Å². The molecule has 0 atom stereocenters. The number of nitrogens with zero attached hydrogens (tertiary/aromatic N) is 3. The summed E-state index contributed by atoms with van der Waals surface area (Å²) in [5, 5.41) is 6.96. The van der Waals surface area contributed by atoms with Gasteiger partial charge in [0.15, 0.2) is 11.0 Å². The fourth-order valence-corrected chi connectivity index (χ4v) is 2.38. The van der Waals surface area contributed by atoms with Gasteiger partial charge in [-0.2, -0.15) is 16.7 Å². The van der Waals surface area contributed by atoms with E-state index in [1.165, 1.54) is 11.3 Å². The van der Waals surface area contributed by atoms with Crippen LogP contribution in [0.2, 0.25) is 0 Å². The summed E-state index contributed by atoms with van der Waals surface area (Å²) in [7, 11) is 0. The molecule has 0 aliphatic heterocycles. The first-order valence-corrected chi connectivity index (χ1v) is 7.19. The predicted octanol–water partition coefficient (Wildman–Crippen LogP) is 2.34. The molecule has 2 rings (SSSR count). The molecule has 0 saturated carbocycles. The Bertz CT molecular complexity index is 480. The maximum absolute atomic E-state index is 5.56. The minimum atomic E-state index is 0.549. The van der Waals surface area contributed by atoms with Crippen molar-refractivity contribution in [1.29, 1.82) is 0 Å². The Kier molecular flexibility index (Phi) is 4.01. The molecule has 0 aliphatic carbocycles. The van der Waals surface area contributed by atoms with E-state index in [0.717, 1.165) is 17.3 Å². The summed E-state index contributed by atoms with van der Waals surface area (Å²) in [6.45, 7) is 4.29. The fraction of sp³-hybridized carbons (Fsp3) is 0.500. The molecule has 0 saturated heterocycles. The molecular formula is C10H14N4OS2. The Morgan fingerprint density at radius 3 is 2.94 bits per heavy atom. The van der Waals surface area contributed by atoms with Gasteiger partial charge >= 0.3 is 0 Å². The highest BCUT2D eigenvalue weighted by Crippen LogP contribution is 2.17. The van der Waals surface area contributed by atoms with Crippen molar-refractivity contribution in [2.75, 3.05) is 5.73 Å². The number of aromatic nitrogens is 3. The van der Waals surface area contributed by atoms with E-state index in [0.29, 0.717) is 22.7 Å². The molecule has 2 aromatic heterocycles. The number of hydrogen-bond acceptors (Lipinski definition) is 7. The monoisotopic (exact) mass is 270 g/mol. The van der Waals surface area contributed by atoms with Crippen molar-refractivity contribution in [2.45, 2.75) is 31.3 Å². The van der Waals surface area contributed by atoms with Crippen molar-refractivity contribution in [2.24, 2.45) is 0 Å². The molecule has 2 N–H and O–H groups in total. The van der Waals surface area contributed by atoms with Crippen molar-refractivity contribution < 1.29 is 4.52 Å². The van der Waals surface area contributed by atoms with Crippen LogP contribution in [0.25, 0.3) is 0 Å². The van der Waals surface area contributed by atoms with E-state index in [9.17, 15) is 0 Å². The third kappa shape index (κ3) is 3.71. The standard InChI is InChI=1S/C10H14N4OS2/c1-6(2)16-5-8-13-9(15-14-8)3-7-4-17-10(11)12-7/h4,6H,3,5H2,1-2H3,(H2,11,12). The first-order valence-electron chi connectivity index (χ1n) is 5.26. The fourth-order valence-electron chi connectivity index (χ4n) is 1.22. The Morgan fingerprint density at radius 1 is 1.47 bits per heavy atom. The summed E-state index contributed by atoms with van der Waals surface area (Å²) in [6, 6.07) is 0. The van der Waals surface area contributed by atoms with Crippen molar-refractivity contribution in [1.82, 2.24) is 15.1 Å². The van der Waals surface area contributed by atoms with E-state index in [4.69, 9.17) is 10.3 Å². The van der Waals surface area contributed by atoms with Gasteiger partial charge in [0, 0.05) is 5.38 Å². The van der Waals surface area contributed by atoms with Gasteiger partial charge in [-0.3, -0.25) is 0 Å². The normalized spacial score (nSPS) is 11.2. The van der Waals surface area contributed by atoms with E-state index in [-0.39, 0.29) is 0 Å². The van der Waals surface area contributed by atoms with Crippen LogP contribution in [-0.2, 0) is 12.2 Å². The molecule has 0 fully saturated rings. The molecule has 0 aromatic carbocycles. The summed E-state index contributed by atoms with van der Waals surface area (Å²) >= 11 is 3.21. The maximum atomic E-state index is 5.56. The highest BCUT2D eigenvalue weighted by Gasteiger charge is 2.09. The van der Waals surface area contributed by atoms with Crippen LogP contribution >= 0.6 is 23.1 Å². The zero-order valence-electron chi connectivity index (χ0n) is 9.71. The van der Waals surface area contributed by atoms with Gasteiger partial charge in [0.05, 0.1) is 17.9 Å². The SMILES string of the molecule is CC(C)SCc1noc(Cc2csc(N)n2)n1. The minimum absolute atomic E-state index is 0.549. The molecule has 2 heterocycles. The molecule has 92 valence electrons. The van der Waals surface area contributed by atoms with E-state index in [1.54, 1.807) is 11.8 Å². The van der Waals surface area contributed by atoms with Crippen molar-refractivity contribution in [3.63, 3.8) is 0 Å². The molecule has 5 nitrogen and oxygen atoms in total. The van der Waals surface area contributed by atoms with Gasteiger partial charge in [-0.25, -0.2) is 4.98 Å². The minimum Gasteiger partial charge on any atom is -0.375 e. The van der Waals surface area contributed by atoms with Crippen LogP contribution in [0.15, 0.2) is 9.90 Å². The zero-order valence-corrected chi connectivity index (χ0v) is 11.3. The van der Waals surface area contributed by atoms with Gasteiger partial charge in [-0.1, -0.05) is 19.0 Å². The molecular weight excluding hydrogens is 256 g/mol. The largest absolute Gasteiger partial charge is 0.375 e. The summed E-state index contributed by atoms with van der Waals surface area (Å²) in [5.74, 6) is 2.11. The van der Waals surface area contributed by atoms with Crippen LogP contribution in [0.1, 0.15) is 31.3 Å². The Balaban J connectivity index is 1.94. The lowest BCUT2D eigenvalue weighted by atomic mass is 10.3. The van der Waals surface area contributed by atoms with Crippen molar-refractivity contribution in [3.05, 3.63) is 22.8 Å². The van der Waals surface area contributed by atoms with Crippen LogP contribution < -0.4 is 5.73 Å². The van der Waals surface area contributed by atoms with Gasteiger partial charge in [0.2, 0.25) is 5.89 Å². The number of rotatable bonds is 5. The second-order valence-corrected chi connectivity index (χ2v) is 6.27. The van der Waals surface area contributed by atoms with Gasteiger partial charge < -0.3 is 10.3 Å². The molecule has 7 heteroatoms. The zero-order chi connectivity index (χ0) is 12.3. The van der Waals surface area contributed by atoms with Crippen LogP contribution in [0.4, 0.5) is 5.13 Å². The Hall–Kier alpha value is -1.08. The van der Waals surface area contributed by atoms with E-state index < -0.39 is 0 Å². The third-order valence-electron chi connectivity index (χ3n) is 1.96. The maximum Gasteiger partial charge on any atom is 0.232 e. The number of nitrogen functional groups attached to an aromatic ring is 1. The first kappa shape index (κ1) is 12.4. The number of thioether (sulfide) groups is 1. The lowest BCUT2D eigenvalue weighted by molar-refractivity contribution is 0.380. The van der Waals surface area contributed by atoms with Gasteiger partial charge in [-0.15, -0.1) is 11.3 Å². The Labute approximate surface area is 108 Å². The summed E-state index contributed by atoms with van der Waals surface area (Å²) < 4.78 is 5.16. The second kappa shape index (κ2) is 5.50. The molecule has 0 spiro atoms. The van der Waals surface area contributed by atoms with Gasteiger partial charge in [0.1, 0.15) is 0 Å². The number of nitrogens with two attached hydrogens (primary N) is 1. The molecule has 0 amide bonds. The first-order chi connectivity index (χ1) is 8.13. The van der Waals surface area contributed by atoms with Crippen LogP contribution in [-0.4, -0.2) is 20.4 Å². The predicted molar refractivity (Wildman–Crippen MR) is 70.1 cm³/mol. The van der Waals surface area contributed by atoms with Gasteiger partial charge in [-0.05, 0) is 5.25 Å². The van der Waals surface area contributed by atoms with Gasteiger partial charge in [0.25, 0.3) is 0 Å². The summed E-state index contributed by atoms with van der Waals surface area (Å²) in [4.78, 5) is 8.46. The third-order valence-corrected chi connectivity index (χ3v) is 3.77. The number of anilines is 1. The highest BCUT2D eigenvalue weighted by atomic mass is 32.2. The molecule has 0 unspecified atom stereocenters. The average Bonchev–Trinajstić information content (AvgIpc) is 2.86.